The van der Waals surface area contributed by atoms with Gasteiger partial charge in [-0.15, -0.1) is 0 Å². The molecule has 2 fully saturated rings. The molecule has 1 atom stereocenters. The van der Waals surface area contributed by atoms with E-state index in [9.17, 15) is 22.8 Å². The fourth-order valence-electron chi connectivity index (χ4n) is 4.00. The van der Waals surface area contributed by atoms with Crippen molar-refractivity contribution in [2.45, 2.75) is 43.6 Å². The first-order valence-electron chi connectivity index (χ1n) is 9.99. The van der Waals surface area contributed by atoms with Gasteiger partial charge in [-0.05, 0) is 43.9 Å². The summed E-state index contributed by atoms with van der Waals surface area (Å²) in [4.78, 5) is 27.2. The highest BCUT2D eigenvalue weighted by molar-refractivity contribution is 6.35. The molecule has 0 spiro atoms. The Balaban J connectivity index is 1.48. The molecule has 2 aliphatic heterocycles. The first kappa shape index (κ1) is 24.1. The summed E-state index contributed by atoms with van der Waals surface area (Å²) in [5.74, 6) is -1.09. The molecule has 2 heterocycles. The Kier molecular flexibility index (Phi) is 7.38. The van der Waals surface area contributed by atoms with E-state index in [1.54, 1.807) is 4.90 Å². The van der Waals surface area contributed by atoms with Crippen LogP contribution in [0.3, 0.4) is 0 Å². The van der Waals surface area contributed by atoms with Gasteiger partial charge in [-0.2, -0.15) is 13.2 Å². The quantitative estimate of drug-likeness (QED) is 0.642. The van der Waals surface area contributed by atoms with Gasteiger partial charge in [0.1, 0.15) is 11.7 Å². The second kappa shape index (κ2) is 9.50. The molecule has 2 saturated heterocycles. The number of carbonyl (C=O) groups is 2. The van der Waals surface area contributed by atoms with Crippen LogP contribution in [0.5, 0.6) is 0 Å². The van der Waals surface area contributed by atoms with Gasteiger partial charge in [0.2, 0.25) is 5.91 Å². The third kappa shape index (κ3) is 6.23. The van der Waals surface area contributed by atoms with Crippen molar-refractivity contribution < 1.29 is 27.2 Å². The number of halogens is 6. The third-order valence-electron chi connectivity index (χ3n) is 5.75. The molecule has 5 nitrogen and oxygen atoms in total. The number of amides is 2. The molecule has 2 aliphatic rings. The first-order chi connectivity index (χ1) is 14.5. The molecule has 172 valence electrons. The lowest BCUT2D eigenvalue weighted by Crippen LogP contribution is -2.52. The highest BCUT2D eigenvalue weighted by Crippen LogP contribution is 2.33. The zero-order valence-corrected chi connectivity index (χ0v) is 18.2. The van der Waals surface area contributed by atoms with E-state index in [-0.39, 0.29) is 67.6 Å². The molecule has 0 aromatic heterocycles. The SMILES string of the molecule is O=C(NCC1(F)CCN(CC(=O)N2CCCC2C(F)(F)F)CC1)c1cc(Cl)cc(Cl)c1. The van der Waals surface area contributed by atoms with Gasteiger partial charge < -0.3 is 10.2 Å². The van der Waals surface area contributed by atoms with Crippen LogP contribution in [0, 0.1) is 0 Å². The van der Waals surface area contributed by atoms with E-state index in [2.05, 4.69) is 5.32 Å². The van der Waals surface area contributed by atoms with E-state index >= 15 is 4.39 Å². The van der Waals surface area contributed by atoms with E-state index in [1.807, 2.05) is 0 Å². The summed E-state index contributed by atoms with van der Waals surface area (Å²) in [6, 6.07) is 2.59. The molecule has 1 N–H and O–H groups in total. The van der Waals surface area contributed by atoms with Crippen molar-refractivity contribution in [2.75, 3.05) is 32.7 Å². The lowest BCUT2D eigenvalue weighted by atomic mass is 9.93. The minimum atomic E-state index is -4.44. The number of nitrogens with zero attached hydrogens (tertiary/aromatic N) is 2. The van der Waals surface area contributed by atoms with Crippen molar-refractivity contribution in [3.05, 3.63) is 33.8 Å². The van der Waals surface area contributed by atoms with Crippen molar-refractivity contribution >= 4 is 35.0 Å². The number of carbonyl (C=O) groups excluding carboxylic acids is 2. The van der Waals surface area contributed by atoms with Gasteiger partial charge in [-0.3, -0.25) is 14.5 Å². The third-order valence-corrected chi connectivity index (χ3v) is 6.19. The van der Waals surface area contributed by atoms with Crippen molar-refractivity contribution in [3.63, 3.8) is 0 Å². The number of nitrogens with one attached hydrogen (secondary N) is 1. The number of hydrogen-bond donors (Lipinski definition) is 1. The smallest absolute Gasteiger partial charge is 0.349 e. The predicted octanol–water partition coefficient (Wildman–Crippen LogP) is 4.08. The maximum absolute atomic E-state index is 15.1. The van der Waals surface area contributed by atoms with Gasteiger partial charge in [-0.1, -0.05) is 23.2 Å². The molecule has 2 amide bonds. The Morgan fingerprint density at radius 3 is 2.29 bits per heavy atom. The van der Waals surface area contributed by atoms with Crippen LogP contribution in [-0.4, -0.2) is 72.2 Å². The lowest BCUT2D eigenvalue weighted by molar-refractivity contribution is -0.183. The topological polar surface area (TPSA) is 52.7 Å². The summed E-state index contributed by atoms with van der Waals surface area (Å²) < 4.78 is 54.3. The number of piperidine rings is 1. The zero-order chi connectivity index (χ0) is 22.8. The molecular weight excluding hydrogens is 461 g/mol. The zero-order valence-electron chi connectivity index (χ0n) is 16.7. The number of benzene rings is 1. The van der Waals surface area contributed by atoms with Gasteiger partial charge in [0, 0.05) is 35.2 Å². The first-order valence-corrected chi connectivity index (χ1v) is 10.7. The van der Waals surface area contributed by atoms with Crippen LogP contribution in [0.25, 0.3) is 0 Å². The number of hydrogen-bond acceptors (Lipinski definition) is 3. The number of alkyl halides is 4. The Bertz CT molecular complexity index is 809. The Hall–Kier alpha value is -1.58. The Morgan fingerprint density at radius 2 is 1.71 bits per heavy atom. The molecule has 1 aromatic carbocycles. The minimum Gasteiger partial charge on any atom is -0.349 e. The van der Waals surface area contributed by atoms with Crippen LogP contribution in [0.2, 0.25) is 10.0 Å². The van der Waals surface area contributed by atoms with E-state index in [0.717, 1.165) is 4.90 Å². The van der Waals surface area contributed by atoms with Crippen molar-refractivity contribution in [2.24, 2.45) is 0 Å². The number of likely N-dealkylation sites (tertiary alicyclic amines) is 2. The van der Waals surface area contributed by atoms with E-state index < -0.39 is 29.7 Å². The summed E-state index contributed by atoms with van der Waals surface area (Å²) in [6.45, 7) is 0.122. The average Bonchev–Trinajstić information content (AvgIpc) is 3.18. The van der Waals surface area contributed by atoms with Gasteiger partial charge >= 0.3 is 6.18 Å². The molecule has 0 saturated carbocycles. The molecule has 0 aliphatic carbocycles. The fraction of sp³-hybridized carbons (Fsp3) is 0.600. The summed E-state index contributed by atoms with van der Waals surface area (Å²) in [6.07, 6.45) is -4.09. The molecule has 1 aromatic rings. The van der Waals surface area contributed by atoms with E-state index in [0.29, 0.717) is 6.42 Å². The summed E-state index contributed by atoms with van der Waals surface area (Å²) in [7, 11) is 0. The molecular formula is C20H23Cl2F4N3O2. The van der Waals surface area contributed by atoms with Gasteiger partial charge in [0.25, 0.3) is 5.91 Å². The highest BCUT2D eigenvalue weighted by Gasteiger charge is 2.48. The van der Waals surface area contributed by atoms with E-state index in [1.165, 1.54) is 18.2 Å². The van der Waals surface area contributed by atoms with Gasteiger partial charge in [0.05, 0.1) is 13.1 Å². The maximum Gasteiger partial charge on any atom is 0.408 e. The predicted molar refractivity (Wildman–Crippen MR) is 109 cm³/mol. The summed E-state index contributed by atoms with van der Waals surface area (Å²) in [5.41, 5.74) is -1.45. The van der Waals surface area contributed by atoms with Crippen LogP contribution in [0.15, 0.2) is 18.2 Å². The molecule has 0 bridgehead atoms. The van der Waals surface area contributed by atoms with Gasteiger partial charge in [0.15, 0.2) is 0 Å². The largest absolute Gasteiger partial charge is 0.408 e. The highest BCUT2D eigenvalue weighted by atomic mass is 35.5. The summed E-state index contributed by atoms with van der Waals surface area (Å²) >= 11 is 11.7. The average molecular weight is 484 g/mol. The Morgan fingerprint density at radius 1 is 1.10 bits per heavy atom. The standard InChI is InChI=1S/C20H23Cl2F4N3O2/c21-14-8-13(9-15(22)10-14)18(31)27-12-19(23)3-6-28(7-4-19)11-17(30)29-5-1-2-16(29)20(24,25)26/h8-10,16H,1-7,11-12H2,(H,27,31). The second-order valence-corrected chi connectivity index (χ2v) is 8.93. The normalized spacial score (nSPS) is 21.9. The maximum atomic E-state index is 15.1. The van der Waals surface area contributed by atoms with E-state index in [4.69, 9.17) is 23.2 Å². The Labute approximate surface area is 187 Å². The molecule has 0 radical (unpaired) electrons. The monoisotopic (exact) mass is 483 g/mol. The van der Waals surface area contributed by atoms with Crippen LogP contribution in [0.1, 0.15) is 36.0 Å². The fourth-order valence-corrected chi connectivity index (χ4v) is 4.53. The molecule has 31 heavy (non-hydrogen) atoms. The molecule has 11 heteroatoms. The minimum absolute atomic E-state index is 0.0551. The van der Waals surface area contributed by atoms with Crippen LogP contribution >= 0.6 is 23.2 Å². The molecule has 3 rings (SSSR count). The van der Waals surface area contributed by atoms with Crippen molar-refractivity contribution in [3.8, 4) is 0 Å². The second-order valence-electron chi connectivity index (χ2n) is 8.05. The number of rotatable bonds is 5. The van der Waals surface area contributed by atoms with Crippen LogP contribution < -0.4 is 5.32 Å². The van der Waals surface area contributed by atoms with Crippen molar-refractivity contribution in [1.82, 2.24) is 15.1 Å². The molecule has 1 unspecified atom stereocenters. The lowest BCUT2D eigenvalue weighted by Gasteiger charge is -2.37. The van der Waals surface area contributed by atoms with Crippen LogP contribution in [0.4, 0.5) is 17.6 Å². The van der Waals surface area contributed by atoms with Gasteiger partial charge in [-0.25, -0.2) is 4.39 Å². The summed E-state index contributed by atoms with van der Waals surface area (Å²) in [5, 5.41) is 3.11. The van der Waals surface area contributed by atoms with Crippen molar-refractivity contribution in [1.29, 1.82) is 0 Å². The van der Waals surface area contributed by atoms with Crippen LogP contribution in [-0.2, 0) is 4.79 Å².